The molecule has 0 bridgehead atoms. The van der Waals surface area contributed by atoms with Gasteiger partial charge in [0.25, 0.3) is 0 Å². The van der Waals surface area contributed by atoms with E-state index in [1.807, 2.05) is 18.2 Å². The normalized spacial score (nSPS) is 9.30. The first kappa shape index (κ1) is 7.07. The minimum atomic E-state index is 0.918. The maximum Gasteiger partial charge on any atom is -0.00939 e. The molecular weight excluding hydrogens is 120 g/mol. The van der Waals surface area contributed by atoms with Crippen LogP contribution in [0.1, 0.15) is 11.1 Å². The van der Waals surface area contributed by atoms with Gasteiger partial charge in [0.05, 0.1) is 0 Å². The second-order valence-corrected chi connectivity index (χ2v) is 2.38. The second kappa shape index (κ2) is 3.21. The van der Waals surface area contributed by atoms with Gasteiger partial charge in [-0.1, -0.05) is 29.8 Å². The summed E-state index contributed by atoms with van der Waals surface area (Å²) in [5, 5.41) is 0. The van der Waals surface area contributed by atoms with Crippen molar-refractivity contribution in [2.24, 2.45) is 0 Å². The van der Waals surface area contributed by atoms with Crippen LogP contribution in [0.2, 0.25) is 0 Å². The van der Waals surface area contributed by atoms with Crippen LogP contribution >= 0.6 is 0 Å². The highest BCUT2D eigenvalue weighted by molar-refractivity contribution is 5.22. The summed E-state index contributed by atoms with van der Waals surface area (Å²) in [6.45, 7) is 5.75. The molecule has 0 aliphatic heterocycles. The number of rotatable bonds is 2. The zero-order valence-corrected chi connectivity index (χ0v) is 6.22. The van der Waals surface area contributed by atoms with Gasteiger partial charge in [0.1, 0.15) is 0 Å². The Morgan fingerprint density at radius 1 is 1.70 bits per heavy atom. The maximum atomic E-state index is 3.67. The standard InChI is InChI=1S/C10H11/c1-3-5-10-7-4-6-9(2)8-10/h3-4,6,8H,1,5H2,2H3. The Bertz CT molecular complexity index is 223. The highest BCUT2D eigenvalue weighted by Gasteiger charge is 1.87. The summed E-state index contributed by atoms with van der Waals surface area (Å²) < 4.78 is 0. The number of benzene rings is 1. The van der Waals surface area contributed by atoms with E-state index in [2.05, 4.69) is 25.6 Å². The third-order valence-electron chi connectivity index (χ3n) is 1.38. The molecule has 10 heavy (non-hydrogen) atoms. The Balaban J connectivity index is 2.84. The first-order chi connectivity index (χ1) is 4.83. The van der Waals surface area contributed by atoms with E-state index in [4.69, 9.17) is 0 Å². The van der Waals surface area contributed by atoms with Crippen molar-refractivity contribution in [3.05, 3.63) is 48.0 Å². The molecule has 0 N–H and O–H groups in total. The lowest BCUT2D eigenvalue weighted by Gasteiger charge is -1.95. The monoisotopic (exact) mass is 131 g/mol. The number of aryl methyl sites for hydroxylation is 1. The topological polar surface area (TPSA) is 0 Å². The second-order valence-electron chi connectivity index (χ2n) is 2.38. The van der Waals surface area contributed by atoms with Crippen LogP contribution < -0.4 is 0 Å². The third kappa shape index (κ3) is 1.73. The van der Waals surface area contributed by atoms with Crippen LogP contribution in [0.3, 0.4) is 0 Å². The number of hydrogen-bond acceptors (Lipinski definition) is 0. The average Bonchev–Trinajstić information content (AvgIpc) is 1.88. The Morgan fingerprint density at radius 3 is 3.10 bits per heavy atom. The molecule has 0 spiro atoms. The smallest absolute Gasteiger partial charge is 0.00939 e. The van der Waals surface area contributed by atoms with Gasteiger partial charge < -0.3 is 0 Å². The van der Waals surface area contributed by atoms with Crippen LogP contribution in [0.25, 0.3) is 0 Å². The van der Waals surface area contributed by atoms with E-state index in [1.54, 1.807) is 0 Å². The van der Waals surface area contributed by atoms with E-state index >= 15 is 0 Å². The Hall–Kier alpha value is -1.04. The summed E-state index contributed by atoms with van der Waals surface area (Å²) in [6, 6.07) is 9.27. The van der Waals surface area contributed by atoms with Gasteiger partial charge in [0, 0.05) is 0 Å². The van der Waals surface area contributed by atoms with Gasteiger partial charge in [-0.2, -0.15) is 0 Å². The molecule has 0 heteroatoms. The predicted octanol–water partition coefficient (Wildman–Crippen LogP) is 2.52. The summed E-state index contributed by atoms with van der Waals surface area (Å²) in [6.07, 6.45) is 2.81. The fourth-order valence-corrected chi connectivity index (χ4v) is 0.918. The predicted molar refractivity (Wildman–Crippen MR) is 43.9 cm³/mol. The highest BCUT2D eigenvalue weighted by atomic mass is 13.9. The van der Waals surface area contributed by atoms with Crippen molar-refractivity contribution >= 4 is 0 Å². The van der Waals surface area contributed by atoms with Crippen LogP contribution in [0.15, 0.2) is 30.9 Å². The zero-order chi connectivity index (χ0) is 7.40. The van der Waals surface area contributed by atoms with Crippen LogP contribution in [-0.4, -0.2) is 0 Å². The molecule has 0 atom stereocenters. The zero-order valence-electron chi connectivity index (χ0n) is 6.22. The van der Waals surface area contributed by atoms with E-state index in [0.717, 1.165) is 6.42 Å². The Morgan fingerprint density at radius 2 is 2.50 bits per heavy atom. The van der Waals surface area contributed by atoms with Gasteiger partial charge in [-0.15, -0.1) is 6.58 Å². The van der Waals surface area contributed by atoms with Crippen molar-refractivity contribution < 1.29 is 0 Å². The summed E-state index contributed by atoms with van der Waals surface area (Å²) in [7, 11) is 0. The summed E-state index contributed by atoms with van der Waals surface area (Å²) in [5.41, 5.74) is 2.51. The van der Waals surface area contributed by atoms with Gasteiger partial charge in [0.15, 0.2) is 0 Å². The van der Waals surface area contributed by atoms with Gasteiger partial charge in [0.2, 0.25) is 0 Å². The minimum absolute atomic E-state index is 0.918. The van der Waals surface area contributed by atoms with E-state index in [0.29, 0.717) is 0 Å². The van der Waals surface area contributed by atoms with Crippen molar-refractivity contribution in [1.82, 2.24) is 0 Å². The Kier molecular flexibility index (Phi) is 2.27. The molecule has 0 fully saturated rings. The van der Waals surface area contributed by atoms with Crippen molar-refractivity contribution in [1.29, 1.82) is 0 Å². The fraction of sp³-hybridized carbons (Fsp3) is 0.200. The molecule has 1 radical (unpaired) electrons. The lowest BCUT2D eigenvalue weighted by molar-refractivity contribution is 1.25. The molecule has 0 aliphatic carbocycles. The molecule has 0 saturated heterocycles. The van der Waals surface area contributed by atoms with E-state index in [9.17, 15) is 0 Å². The van der Waals surface area contributed by atoms with E-state index < -0.39 is 0 Å². The first-order valence-electron chi connectivity index (χ1n) is 3.41. The number of hydrogen-bond donors (Lipinski definition) is 0. The SMILES string of the molecule is C=CCc1[c]ccc(C)c1. The lowest BCUT2D eigenvalue weighted by atomic mass is 10.1. The molecule has 1 aromatic rings. The van der Waals surface area contributed by atoms with Crippen molar-refractivity contribution in [3.63, 3.8) is 0 Å². The quantitative estimate of drug-likeness (QED) is 0.541. The lowest BCUT2D eigenvalue weighted by Crippen LogP contribution is -1.80. The summed E-state index contributed by atoms with van der Waals surface area (Å²) >= 11 is 0. The van der Waals surface area contributed by atoms with Crippen LogP contribution in [0, 0.1) is 13.0 Å². The summed E-state index contributed by atoms with van der Waals surface area (Å²) in [5.74, 6) is 0. The molecule has 0 nitrogen and oxygen atoms in total. The van der Waals surface area contributed by atoms with Crippen molar-refractivity contribution in [2.45, 2.75) is 13.3 Å². The third-order valence-corrected chi connectivity index (χ3v) is 1.38. The molecule has 0 saturated carbocycles. The molecule has 0 amide bonds. The molecule has 0 aromatic heterocycles. The molecule has 1 aromatic carbocycles. The van der Waals surface area contributed by atoms with Gasteiger partial charge >= 0.3 is 0 Å². The summed E-state index contributed by atoms with van der Waals surface area (Å²) in [4.78, 5) is 0. The Labute approximate surface area is 62.2 Å². The van der Waals surface area contributed by atoms with E-state index in [-0.39, 0.29) is 0 Å². The van der Waals surface area contributed by atoms with Crippen LogP contribution in [-0.2, 0) is 6.42 Å². The molecule has 1 rings (SSSR count). The van der Waals surface area contributed by atoms with Crippen molar-refractivity contribution in [2.75, 3.05) is 0 Å². The maximum absolute atomic E-state index is 3.67. The first-order valence-corrected chi connectivity index (χ1v) is 3.41. The van der Waals surface area contributed by atoms with Gasteiger partial charge in [-0.3, -0.25) is 0 Å². The van der Waals surface area contributed by atoms with Gasteiger partial charge in [-0.05, 0) is 25.0 Å². The van der Waals surface area contributed by atoms with Gasteiger partial charge in [-0.25, -0.2) is 0 Å². The molecule has 51 valence electrons. The number of allylic oxidation sites excluding steroid dienone is 1. The average molecular weight is 131 g/mol. The molecule has 0 heterocycles. The van der Waals surface area contributed by atoms with Crippen LogP contribution in [0.4, 0.5) is 0 Å². The molecule has 0 aliphatic rings. The fourth-order valence-electron chi connectivity index (χ4n) is 0.918. The highest BCUT2D eigenvalue weighted by Crippen LogP contribution is 2.03. The molecular formula is C10H11. The van der Waals surface area contributed by atoms with Crippen molar-refractivity contribution in [3.8, 4) is 0 Å². The molecule has 0 unspecified atom stereocenters. The largest absolute Gasteiger partial charge is 0.103 e. The van der Waals surface area contributed by atoms with Crippen LogP contribution in [0.5, 0.6) is 0 Å². The minimum Gasteiger partial charge on any atom is -0.103 e. The van der Waals surface area contributed by atoms with E-state index in [1.165, 1.54) is 11.1 Å².